The lowest BCUT2D eigenvalue weighted by molar-refractivity contribution is 0.0529. The standard InChI is InChI=1S/C20H27N3O2/c1-14-9-15(2)11-17(10-14)18(16-7-6-8-21-12-16)22-19(24)23(5)13-20(3,4)25/h6-12,18,25H,13H2,1-5H3,(H,22,24). The van der Waals surface area contributed by atoms with Crippen LogP contribution in [0, 0.1) is 13.8 Å². The SMILES string of the molecule is Cc1cc(C)cc(C(NC(=O)N(C)CC(C)(C)O)c2cccnc2)c1. The van der Waals surface area contributed by atoms with Crippen molar-refractivity contribution >= 4 is 6.03 Å². The molecule has 134 valence electrons. The third-order valence-electron chi connectivity index (χ3n) is 3.83. The van der Waals surface area contributed by atoms with Crippen molar-refractivity contribution < 1.29 is 9.90 Å². The Kier molecular flexibility index (Phi) is 5.80. The Balaban J connectivity index is 2.31. The highest BCUT2D eigenvalue weighted by atomic mass is 16.3. The molecule has 2 rings (SSSR count). The molecule has 0 spiro atoms. The Morgan fingerprint density at radius 1 is 1.24 bits per heavy atom. The van der Waals surface area contributed by atoms with E-state index in [-0.39, 0.29) is 18.6 Å². The van der Waals surface area contributed by atoms with Gasteiger partial charge in [-0.2, -0.15) is 0 Å². The Labute approximate surface area is 149 Å². The van der Waals surface area contributed by atoms with Gasteiger partial charge in [0.2, 0.25) is 0 Å². The smallest absolute Gasteiger partial charge is 0.317 e. The lowest BCUT2D eigenvalue weighted by Crippen LogP contribution is -2.45. The van der Waals surface area contributed by atoms with E-state index in [1.165, 1.54) is 4.90 Å². The number of hydrogen-bond donors (Lipinski definition) is 2. The summed E-state index contributed by atoms with van der Waals surface area (Å²) in [6, 6.07) is 9.51. The summed E-state index contributed by atoms with van der Waals surface area (Å²) in [5.74, 6) is 0. The zero-order valence-corrected chi connectivity index (χ0v) is 15.6. The molecular weight excluding hydrogens is 314 g/mol. The summed E-state index contributed by atoms with van der Waals surface area (Å²) in [4.78, 5) is 18.3. The van der Waals surface area contributed by atoms with Crippen LogP contribution < -0.4 is 5.32 Å². The molecule has 1 atom stereocenters. The first kappa shape index (κ1) is 18.9. The molecule has 2 N–H and O–H groups in total. The zero-order valence-electron chi connectivity index (χ0n) is 15.6. The fourth-order valence-electron chi connectivity index (χ4n) is 2.97. The van der Waals surface area contributed by atoms with Crippen molar-refractivity contribution in [1.82, 2.24) is 15.2 Å². The molecule has 0 saturated carbocycles. The van der Waals surface area contributed by atoms with Crippen LogP contribution in [0.25, 0.3) is 0 Å². The highest BCUT2D eigenvalue weighted by molar-refractivity contribution is 5.75. The fourth-order valence-corrected chi connectivity index (χ4v) is 2.97. The molecular formula is C20H27N3O2. The molecule has 1 unspecified atom stereocenters. The van der Waals surface area contributed by atoms with Crippen molar-refractivity contribution in [1.29, 1.82) is 0 Å². The Hall–Kier alpha value is -2.40. The van der Waals surface area contributed by atoms with E-state index in [1.54, 1.807) is 33.3 Å². The maximum atomic E-state index is 12.6. The summed E-state index contributed by atoms with van der Waals surface area (Å²) in [6.07, 6.45) is 3.48. The first-order valence-corrected chi connectivity index (χ1v) is 8.38. The minimum Gasteiger partial charge on any atom is -0.389 e. The molecule has 1 heterocycles. The number of hydrogen-bond acceptors (Lipinski definition) is 3. The molecule has 0 aliphatic heterocycles. The van der Waals surface area contributed by atoms with Crippen LogP contribution in [0.2, 0.25) is 0 Å². The molecule has 0 saturated heterocycles. The predicted octanol–water partition coefficient (Wildman–Crippen LogP) is 3.20. The van der Waals surface area contributed by atoms with Crippen LogP contribution in [-0.4, -0.2) is 40.2 Å². The second kappa shape index (κ2) is 7.66. The lowest BCUT2D eigenvalue weighted by Gasteiger charge is -2.28. The summed E-state index contributed by atoms with van der Waals surface area (Å²) in [5, 5.41) is 13.0. The number of likely N-dealkylation sites (N-methyl/N-ethyl adjacent to an activating group) is 1. The van der Waals surface area contributed by atoms with Crippen molar-refractivity contribution in [3.05, 3.63) is 65.0 Å². The van der Waals surface area contributed by atoms with Gasteiger partial charge in [0.05, 0.1) is 18.2 Å². The Morgan fingerprint density at radius 2 is 1.88 bits per heavy atom. The molecule has 25 heavy (non-hydrogen) atoms. The number of aliphatic hydroxyl groups is 1. The van der Waals surface area contributed by atoms with Gasteiger partial charge >= 0.3 is 6.03 Å². The monoisotopic (exact) mass is 341 g/mol. The largest absolute Gasteiger partial charge is 0.389 e. The summed E-state index contributed by atoms with van der Waals surface area (Å²) in [7, 11) is 1.68. The van der Waals surface area contributed by atoms with Crippen molar-refractivity contribution in [2.75, 3.05) is 13.6 Å². The Bertz CT molecular complexity index is 703. The van der Waals surface area contributed by atoms with Gasteiger partial charge in [-0.3, -0.25) is 4.98 Å². The average Bonchev–Trinajstić information content (AvgIpc) is 2.50. The van der Waals surface area contributed by atoms with Gasteiger partial charge in [-0.25, -0.2) is 4.79 Å². The maximum absolute atomic E-state index is 12.6. The highest BCUT2D eigenvalue weighted by Gasteiger charge is 2.23. The molecule has 2 amide bonds. The summed E-state index contributed by atoms with van der Waals surface area (Å²) < 4.78 is 0. The number of nitrogens with zero attached hydrogens (tertiary/aromatic N) is 2. The van der Waals surface area contributed by atoms with Crippen molar-refractivity contribution in [2.24, 2.45) is 0 Å². The van der Waals surface area contributed by atoms with Crippen LogP contribution in [0.5, 0.6) is 0 Å². The van der Waals surface area contributed by atoms with E-state index in [0.29, 0.717) is 0 Å². The number of pyridine rings is 1. The number of carbonyl (C=O) groups excluding carboxylic acids is 1. The minimum absolute atomic E-state index is 0.241. The molecule has 5 nitrogen and oxygen atoms in total. The first-order chi connectivity index (χ1) is 11.7. The maximum Gasteiger partial charge on any atom is 0.317 e. The van der Waals surface area contributed by atoms with Gasteiger partial charge in [-0.05, 0) is 44.9 Å². The van der Waals surface area contributed by atoms with Crippen LogP contribution in [0.1, 0.15) is 42.1 Å². The van der Waals surface area contributed by atoms with E-state index in [0.717, 1.165) is 22.3 Å². The molecule has 0 aliphatic rings. The third-order valence-corrected chi connectivity index (χ3v) is 3.83. The van der Waals surface area contributed by atoms with Crippen LogP contribution in [-0.2, 0) is 0 Å². The third kappa shape index (κ3) is 5.57. The van der Waals surface area contributed by atoms with E-state index in [2.05, 4.69) is 28.5 Å². The summed E-state index contributed by atoms with van der Waals surface area (Å²) in [6.45, 7) is 7.68. The highest BCUT2D eigenvalue weighted by Crippen LogP contribution is 2.24. The normalized spacial score (nSPS) is 12.6. The second-order valence-electron chi connectivity index (χ2n) is 7.26. The number of aryl methyl sites for hydroxylation is 2. The Morgan fingerprint density at radius 3 is 2.40 bits per heavy atom. The molecule has 5 heteroatoms. The number of nitrogens with one attached hydrogen (secondary N) is 1. The van der Waals surface area contributed by atoms with Gasteiger partial charge in [-0.15, -0.1) is 0 Å². The number of rotatable bonds is 5. The number of amides is 2. The van der Waals surface area contributed by atoms with Crippen molar-refractivity contribution in [3.63, 3.8) is 0 Å². The van der Waals surface area contributed by atoms with E-state index in [9.17, 15) is 9.90 Å². The molecule has 0 bridgehead atoms. The van der Waals surface area contributed by atoms with E-state index in [4.69, 9.17) is 0 Å². The summed E-state index contributed by atoms with van der Waals surface area (Å²) >= 11 is 0. The molecule has 1 aromatic heterocycles. The van der Waals surface area contributed by atoms with Gasteiger partial charge in [0.25, 0.3) is 0 Å². The molecule has 0 aliphatic carbocycles. The number of benzene rings is 1. The van der Waals surface area contributed by atoms with Crippen LogP contribution >= 0.6 is 0 Å². The fraction of sp³-hybridized carbons (Fsp3) is 0.400. The number of carbonyl (C=O) groups is 1. The van der Waals surface area contributed by atoms with Crippen LogP contribution in [0.3, 0.4) is 0 Å². The van der Waals surface area contributed by atoms with Gasteiger partial charge in [0.15, 0.2) is 0 Å². The topological polar surface area (TPSA) is 65.5 Å². The molecule has 0 fully saturated rings. The van der Waals surface area contributed by atoms with Crippen LogP contribution in [0.15, 0.2) is 42.7 Å². The zero-order chi connectivity index (χ0) is 18.6. The van der Waals surface area contributed by atoms with E-state index < -0.39 is 5.60 Å². The summed E-state index contributed by atoms with van der Waals surface area (Å²) in [5.41, 5.74) is 3.26. The lowest BCUT2D eigenvalue weighted by atomic mass is 9.96. The minimum atomic E-state index is -0.949. The van der Waals surface area contributed by atoms with Gasteiger partial charge in [0, 0.05) is 19.4 Å². The van der Waals surface area contributed by atoms with E-state index in [1.807, 2.05) is 26.0 Å². The average molecular weight is 341 g/mol. The van der Waals surface area contributed by atoms with Crippen molar-refractivity contribution in [3.8, 4) is 0 Å². The predicted molar refractivity (Wildman–Crippen MR) is 99.5 cm³/mol. The number of aromatic nitrogens is 1. The van der Waals surface area contributed by atoms with Gasteiger partial charge in [-0.1, -0.05) is 35.4 Å². The molecule has 2 aromatic rings. The first-order valence-electron chi connectivity index (χ1n) is 8.38. The van der Waals surface area contributed by atoms with Gasteiger partial charge in [0.1, 0.15) is 0 Å². The second-order valence-corrected chi connectivity index (χ2v) is 7.26. The number of urea groups is 1. The van der Waals surface area contributed by atoms with Gasteiger partial charge < -0.3 is 15.3 Å². The van der Waals surface area contributed by atoms with Crippen LogP contribution in [0.4, 0.5) is 4.79 Å². The molecule has 0 radical (unpaired) electrons. The van der Waals surface area contributed by atoms with Crippen molar-refractivity contribution in [2.45, 2.75) is 39.3 Å². The van der Waals surface area contributed by atoms with E-state index >= 15 is 0 Å². The molecule has 1 aromatic carbocycles. The quantitative estimate of drug-likeness (QED) is 0.878.